The van der Waals surface area contributed by atoms with E-state index in [4.69, 9.17) is 16.0 Å². The van der Waals surface area contributed by atoms with E-state index in [1.54, 1.807) is 6.26 Å². The van der Waals surface area contributed by atoms with E-state index < -0.39 is 0 Å². The summed E-state index contributed by atoms with van der Waals surface area (Å²) in [5.41, 5.74) is 1.79. The molecule has 0 saturated carbocycles. The Morgan fingerprint density at radius 2 is 2.21 bits per heavy atom. The Morgan fingerprint density at radius 1 is 1.42 bits per heavy atom. The van der Waals surface area contributed by atoms with Crippen LogP contribution in [0.5, 0.6) is 0 Å². The predicted molar refractivity (Wildman–Crippen MR) is 77.9 cm³/mol. The van der Waals surface area contributed by atoms with Crippen molar-refractivity contribution in [1.29, 1.82) is 0 Å². The first kappa shape index (κ1) is 14.6. The normalized spacial score (nSPS) is 12.6. The van der Waals surface area contributed by atoms with E-state index in [1.165, 1.54) is 12.1 Å². The summed E-state index contributed by atoms with van der Waals surface area (Å²) in [5.74, 6) is -0.252. The van der Waals surface area contributed by atoms with Gasteiger partial charge >= 0.3 is 0 Å². The maximum absolute atomic E-state index is 13.4. The van der Waals surface area contributed by atoms with Crippen LogP contribution in [0.25, 0.3) is 0 Å². The average molecular weight is 347 g/mol. The fourth-order valence-electron chi connectivity index (χ4n) is 2.06. The van der Waals surface area contributed by atoms with Gasteiger partial charge in [-0.15, -0.1) is 0 Å². The number of hydrogen-bond donors (Lipinski definition) is 1. The molecule has 1 unspecified atom stereocenters. The largest absolute Gasteiger partial charge is 0.453 e. The predicted octanol–water partition coefficient (Wildman–Crippen LogP) is 4.73. The molecule has 0 bridgehead atoms. The highest BCUT2D eigenvalue weighted by Crippen LogP contribution is 2.27. The maximum Gasteiger partial charge on any atom is 0.197 e. The van der Waals surface area contributed by atoms with E-state index in [-0.39, 0.29) is 11.9 Å². The van der Waals surface area contributed by atoms with Crippen LogP contribution in [0.1, 0.15) is 24.1 Å². The van der Waals surface area contributed by atoms with Crippen LogP contribution in [0.4, 0.5) is 4.39 Å². The Bertz CT molecular complexity index is 538. The van der Waals surface area contributed by atoms with Gasteiger partial charge in [-0.05, 0) is 54.4 Å². The Labute approximate surface area is 125 Å². The van der Waals surface area contributed by atoms with Gasteiger partial charge in [0.15, 0.2) is 5.22 Å². The van der Waals surface area contributed by atoms with Crippen LogP contribution in [0.2, 0.25) is 5.22 Å². The number of rotatable bonds is 5. The van der Waals surface area contributed by atoms with E-state index in [9.17, 15) is 4.39 Å². The summed E-state index contributed by atoms with van der Waals surface area (Å²) in [7, 11) is 0. The maximum atomic E-state index is 13.4. The van der Waals surface area contributed by atoms with Gasteiger partial charge < -0.3 is 9.73 Å². The number of nitrogens with one attached hydrogen (secondary N) is 1. The molecule has 102 valence electrons. The first-order valence-corrected chi connectivity index (χ1v) is 7.18. The zero-order valence-electron chi connectivity index (χ0n) is 10.4. The van der Waals surface area contributed by atoms with Crippen molar-refractivity contribution in [1.82, 2.24) is 5.32 Å². The number of furan rings is 1. The lowest BCUT2D eigenvalue weighted by Gasteiger charge is -2.17. The molecular formula is C14H14BrClFNO. The number of halogens is 3. The van der Waals surface area contributed by atoms with Gasteiger partial charge in [-0.25, -0.2) is 4.39 Å². The summed E-state index contributed by atoms with van der Waals surface area (Å²) >= 11 is 9.31. The molecule has 0 saturated heterocycles. The molecule has 0 fully saturated rings. The lowest BCUT2D eigenvalue weighted by molar-refractivity contribution is 0.524. The van der Waals surface area contributed by atoms with Gasteiger partial charge in [0.05, 0.1) is 6.26 Å². The molecule has 1 aromatic heterocycles. The molecule has 19 heavy (non-hydrogen) atoms. The van der Waals surface area contributed by atoms with Gasteiger partial charge in [0.1, 0.15) is 5.82 Å². The van der Waals surface area contributed by atoms with Crippen molar-refractivity contribution in [3.63, 3.8) is 0 Å². The van der Waals surface area contributed by atoms with E-state index >= 15 is 0 Å². The fraction of sp³-hybridized carbons (Fsp3) is 0.286. The minimum atomic E-state index is -0.252. The Hall–Kier alpha value is -0.840. The standard InChI is InChI=1S/C14H14BrClFNO/c1-2-18-13(12-3-4-19-14(12)16)7-9-5-10(15)8-11(17)6-9/h3-6,8,13,18H,2,7H2,1H3. The van der Waals surface area contributed by atoms with Crippen molar-refractivity contribution in [2.45, 2.75) is 19.4 Å². The zero-order chi connectivity index (χ0) is 13.8. The summed E-state index contributed by atoms with van der Waals surface area (Å²) in [6, 6.07) is 6.72. The van der Waals surface area contributed by atoms with Crippen molar-refractivity contribution in [3.8, 4) is 0 Å². The molecular weight excluding hydrogens is 333 g/mol. The van der Waals surface area contributed by atoms with E-state index in [0.717, 1.165) is 22.1 Å². The highest BCUT2D eigenvalue weighted by Gasteiger charge is 2.17. The number of hydrogen-bond acceptors (Lipinski definition) is 2. The van der Waals surface area contributed by atoms with Crippen molar-refractivity contribution < 1.29 is 8.81 Å². The van der Waals surface area contributed by atoms with Gasteiger partial charge in [0.25, 0.3) is 0 Å². The van der Waals surface area contributed by atoms with Gasteiger partial charge in [0.2, 0.25) is 0 Å². The monoisotopic (exact) mass is 345 g/mol. The number of benzene rings is 1. The van der Waals surface area contributed by atoms with Crippen LogP contribution in [0.15, 0.2) is 39.4 Å². The average Bonchev–Trinajstić information content (AvgIpc) is 2.73. The summed E-state index contributed by atoms with van der Waals surface area (Å²) in [4.78, 5) is 0. The molecule has 0 amide bonds. The molecule has 1 atom stereocenters. The van der Waals surface area contributed by atoms with Crippen LogP contribution >= 0.6 is 27.5 Å². The lowest BCUT2D eigenvalue weighted by atomic mass is 10.0. The third-order valence-electron chi connectivity index (χ3n) is 2.83. The SMILES string of the molecule is CCNC(Cc1cc(F)cc(Br)c1)c1ccoc1Cl. The smallest absolute Gasteiger partial charge is 0.197 e. The second kappa shape index (κ2) is 6.55. The molecule has 0 aliphatic carbocycles. The highest BCUT2D eigenvalue weighted by atomic mass is 79.9. The molecule has 5 heteroatoms. The molecule has 2 aromatic rings. The molecule has 1 heterocycles. The topological polar surface area (TPSA) is 25.2 Å². The van der Waals surface area contributed by atoms with Crippen molar-refractivity contribution >= 4 is 27.5 Å². The van der Waals surface area contributed by atoms with Crippen molar-refractivity contribution in [2.75, 3.05) is 6.54 Å². The van der Waals surface area contributed by atoms with Crippen LogP contribution in [0.3, 0.4) is 0 Å². The fourth-order valence-corrected chi connectivity index (χ4v) is 2.82. The third-order valence-corrected chi connectivity index (χ3v) is 3.60. The minimum absolute atomic E-state index is 0.00458. The Kier molecular flexibility index (Phi) is 5.02. The summed E-state index contributed by atoms with van der Waals surface area (Å²) in [5, 5.41) is 3.71. The van der Waals surface area contributed by atoms with E-state index in [0.29, 0.717) is 11.6 Å². The molecule has 0 spiro atoms. The first-order chi connectivity index (χ1) is 9.10. The lowest BCUT2D eigenvalue weighted by Crippen LogP contribution is -2.22. The summed E-state index contributed by atoms with van der Waals surface area (Å²) < 4.78 is 19.2. The molecule has 0 aliphatic rings. The second-order valence-corrected chi connectivity index (χ2v) is 5.50. The third kappa shape index (κ3) is 3.81. The van der Waals surface area contributed by atoms with E-state index in [1.807, 2.05) is 19.1 Å². The Balaban J connectivity index is 2.23. The molecule has 2 rings (SSSR count). The van der Waals surface area contributed by atoms with E-state index in [2.05, 4.69) is 21.2 Å². The molecule has 1 aromatic carbocycles. The van der Waals surface area contributed by atoms with Crippen molar-refractivity contribution in [3.05, 3.63) is 57.2 Å². The Morgan fingerprint density at radius 3 is 2.79 bits per heavy atom. The first-order valence-electron chi connectivity index (χ1n) is 6.01. The zero-order valence-corrected chi connectivity index (χ0v) is 12.8. The molecule has 0 radical (unpaired) electrons. The molecule has 2 nitrogen and oxygen atoms in total. The van der Waals surface area contributed by atoms with Gasteiger partial charge in [-0.3, -0.25) is 0 Å². The summed E-state index contributed by atoms with van der Waals surface area (Å²) in [6.07, 6.45) is 2.20. The van der Waals surface area contributed by atoms with Crippen LogP contribution in [-0.4, -0.2) is 6.54 Å². The van der Waals surface area contributed by atoms with Crippen LogP contribution in [0, 0.1) is 5.82 Å². The van der Waals surface area contributed by atoms with Crippen LogP contribution < -0.4 is 5.32 Å². The number of likely N-dealkylation sites (N-methyl/N-ethyl adjacent to an activating group) is 1. The van der Waals surface area contributed by atoms with Gasteiger partial charge in [-0.2, -0.15) is 0 Å². The summed E-state index contributed by atoms with van der Waals surface area (Å²) in [6.45, 7) is 2.81. The van der Waals surface area contributed by atoms with Gasteiger partial charge in [-0.1, -0.05) is 22.9 Å². The highest BCUT2D eigenvalue weighted by molar-refractivity contribution is 9.10. The second-order valence-electron chi connectivity index (χ2n) is 4.24. The van der Waals surface area contributed by atoms with Gasteiger partial charge in [0, 0.05) is 16.1 Å². The molecule has 1 N–H and O–H groups in total. The minimum Gasteiger partial charge on any atom is -0.453 e. The van der Waals surface area contributed by atoms with Crippen LogP contribution in [-0.2, 0) is 6.42 Å². The quantitative estimate of drug-likeness (QED) is 0.847. The van der Waals surface area contributed by atoms with Crippen molar-refractivity contribution in [2.24, 2.45) is 0 Å². The molecule has 0 aliphatic heterocycles.